The molecule has 2 aromatic carbocycles. The molecule has 0 bridgehead atoms. The van der Waals surface area contributed by atoms with Gasteiger partial charge in [0.1, 0.15) is 18.8 Å². The number of nitrogens with zero attached hydrogens (tertiary/aromatic N) is 1. The molecule has 0 fully saturated rings. The minimum Gasteiger partial charge on any atom is -0.489 e. The van der Waals surface area contributed by atoms with Crippen LogP contribution >= 0.6 is 0 Å². The molecule has 0 atom stereocenters. The Morgan fingerprint density at radius 1 is 0.963 bits per heavy atom. The first-order valence-corrected chi connectivity index (χ1v) is 9.01. The molecule has 0 heterocycles. The average Bonchev–Trinajstić information content (AvgIpc) is 2.65. The van der Waals surface area contributed by atoms with Gasteiger partial charge in [-0.05, 0) is 56.9 Å². The number of anilines is 1. The second kappa shape index (κ2) is 11.0. The molecule has 0 aliphatic rings. The number of rotatable bonds is 10. The van der Waals surface area contributed by atoms with Crippen molar-refractivity contribution in [2.24, 2.45) is 0 Å². The van der Waals surface area contributed by atoms with E-state index in [1.807, 2.05) is 49.3 Å². The van der Waals surface area contributed by atoms with Crippen LogP contribution in [0.2, 0.25) is 0 Å². The molecule has 6 nitrogen and oxygen atoms in total. The third kappa shape index (κ3) is 8.37. The van der Waals surface area contributed by atoms with E-state index in [0.29, 0.717) is 18.8 Å². The predicted octanol–water partition coefficient (Wildman–Crippen LogP) is 2.66. The Hall–Kier alpha value is -2.86. The summed E-state index contributed by atoms with van der Waals surface area (Å²) < 4.78 is 5.71. The summed E-state index contributed by atoms with van der Waals surface area (Å²) in [5.41, 5.74) is 1.72. The molecule has 2 rings (SSSR count). The highest BCUT2D eigenvalue weighted by Gasteiger charge is 2.09. The number of ether oxygens (including phenoxy) is 1. The van der Waals surface area contributed by atoms with E-state index < -0.39 is 0 Å². The summed E-state index contributed by atoms with van der Waals surface area (Å²) in [5.74, 6) is 0.114. The number of carbonyl (C=O) groups is 2. The minimum atomic E-state index is -0.335. The topological polar surface area (TPSA) is 70.7 Å². The van der Waals surface area contributed by atoms with Crippen molar-refractivity contribution in [3.05, 3.63) is 60.2 Å². The van der Waals surface area contributed by atoms with E-state index in [-0.39, 0.29) is 18.2 Å². The Bertz CT molecular complexity index is 715. The highest BCUT2D eigenvalue weighted by Crippen LogP contribution is 2.17. The summed E-state index contributed by atoms with van der Waals surface area (Å²) in [6.07, 6.45) is 0.666. The van der Waals surface area contributed by atoms with Gasteiger partial charge in [-0.1, -0.05) is 30.3 Å². The Kier molecular flexibility index (Phi) is 8.32. The molecular formula is C21H27N3O3. The van der Waals surface area contributed by atoms with Crippen molar-refractivity contribution in [3.8, 4) is 5.75 Å². The quantitative estimate of drug-likeness (QED) is 0.499. The highest BCUT2D eigenvalue weighted by atomic mass is 16.5. The van der Waals surface area contributed by atoms with Crippen molar-refractivity contribution in [2.45, 2.75) is 19.4 Å². The monoisotopic (exact) mass is 369 g/mol. The third-order valence-corrected chi connectivity index (χ3v) is 3.81. The number of benzene rings is 2. The van der Waals surface area contributed by atoms with Crippen LogP contribution in [-0.2, 0) is 16.2 Å². The van der Waals surface area contributed by atoms with Crippen LogP contribution in [0.3, 0.4) is 0 Å². The van der Waals surface area contributed by atoms with Gasteiger partial charge in [0, 0.05) is 12.2 Å². The van der Waals surface area contributed by atoms with E-state index >= 15 is 0 Å². The zero-order valence-electron chi connectivity index (χ0n) is 15.9. The van der Waals surface area contributed by atoms with Gasteiger partial charge >= 0.3 is 0 Å². The number of hydrogen-bond acceptors (Lipinski definition) is 4. The molecule has 0 saturated carbocycles. The average molecular weight is 369 g/mol. The van der Waals surface area contributed by atoms with E-state index in [2.05, 4.69) is 10.6 Å². The van der Waals surface area contributed by atoms with Crippen LogP contribution in [-0.4, -0.2) is 43.9 Å². The lowest BCUT2D eigenvalue weighted by Crippen LogP contribution is -2.30. The van der Waals surface area contributed by atoms with Crippen LogP contribution in [0.25, 0.3) is 0 Å². The van der Waals surface area contributed by atoms with Gasteiger partial charge in [-0.25, -0.2) is 0 Å². The van der Waals surface area contributed by atoms with Gasteiger partial charge in [0.25, 0.3) is 0 Å². The van der Waals surface area contributed by atoms with E-state index in [4.69, 9.17) is 4.74 Å². The van der Waals surface area contributed by atoms with Gasteiger partial charge in [-0.2, -0.15) is 0 Å². The summed E-state index contributed by atoms with van der Waals surface area (Å²) >= 11 is 0. The molecule has 0 aliphatic heterocycles. The van der Waals surface area contributed by atoms with Crippen molar-refractivity contribution in [1.82, 2.24) is 10.2 Å². The molecule has 0 aliphatic carbocycles. The first-order chi connectivity index (χ1) is 13.0. The van der Waals surface area contributed by atoms with Gasteiger partial charge in [0.05, 0.1) is 0 Å². The Labute approximate surface area is 160 Å². The maximum atomic E-state index is 11.9. The highest BCUT2D eigenvalue weighted by molar-refractivity contribution is 6.03. The van der Waals surface area contributed by atoms with Crippen LogP contribution in [0.4, 0.5) is 5.69 Å². The lowest BCUT2D eigenvalue weighted by molar-refractivity contribution is -0.126. The third-order valence-electron chi connectivity index (χ3n) is 3.81. The van der Waals surface area contributed by atoms with Crippen LogP contribution in [0.5, 0.6) is 5.75 Å². The molecule has 6 heteroatoms. The van der Waals surface area contributed by atoms with Crippen molar-refractivity contribution >= 4 is 17.5 Å². The molecule has 27 heavy (non-hydrogen) atoms. The molecule has 2 amide bonds. The second-order valence-electron chi connectivity index (χ2n) is 6.53. The Morgan fingerprint density at radius 3 is 2.33 bits per heavy atom. The predicted molar refractivity (Wildman–Crippen MR) is 107 cm³/mol. The zero-order valence-corrected chi connectivity index (χ0v) is 15.9. The van der Waals surface area contributed by atoms with E-state index in [9.17, 15) is 9.59 Å². The fraction of sp³-hybridized carbons (Fsp3) is 0.333. The molecular weight excluding hydrogens is 342 g/mol. The van der Waals surface area contributed by atoms with Crippen molar-refractivity contribution in [1.29, 1.82) is 0 Å². The van der Waals surface area contributed by atoms with Crippen LogP contribution in [0.15, 0.2) is 54.6 Å². The summed E-state index contributed by atoms with van der Waals surface area (Å²) in [4.78, 5) is 25.8. The van der Waals surface area contributed by atoms with Gasteiger partial charge in [0.2, 0.25) is 11.8 Å². The largest absolute Gasteiger partial charge is 0.489 e. The normalized spacial score (nSPS) is 10.5. The van der Waals surface area contributed by atoms with E-state index in [1.54, 1.807) is 24.3 Å². The SMILES string of the molecule is CN(C)CCCNC(=O)CC(=O)Nc1ccc(OCc2ccccc2)cc1. The molecule has 0 radical (unpaired) electrons. The molecule has 0 spiro atoms. The minimum absolute atomic E-state index is 0.186. The van der Waals surface area contributed by atoms with Crippen LogP contribution < -0.4 is 15.4 Å². The smallest absolute Gasteiger partial charge is 0.233 e. The molecule has 2 aromatic rings. The van der Waals surface area contributed by atoms with Crippen molar-refractivity contribution in [3.63, 3.8) is 0 Å². The number of nitrogens with one attached hydrogen (secondary N) is 2. The maximum absolute atomic E-state index is 11.9. The standard InChI is InChI=1S/C21H27N3O3/c1-24(2)14-6-13-22-20(25)15-21(26)23-18-9-11-19(12-10-18)27-16-17-7-4-3-5-8-17/h3-5,7-12H,6,13-16H2,1-2H3,(H,22,25)(H,23,26). The summed E-state index contributed by atoms with van der Waals surface area (Å²) in [6, 6.07) is 17.0. The van der Waals surface area contributed by atoms with Crippen LogP contribution in [0.1, 0.15) is 18.4 Å². The van der Waals surface area contributed by atoms with Gasteiger partial charge < -0.3 is 20.3 Å². The Balaban J connectivity index is 1.70. The first kappa shape index (κ1) is 20.5. The molecule has 2 N–H and O–H groups in total. The molecule has 144 valence electrons. The first-order valence-electron chi connectivity index (χ1n) is 9.01. The molecule has 0 unspecified atom stereocenters. The van der Waals surface area contributed by atoms with Crippen molar-refractivity contribution < 1.29 is 14.3 Å². The number of amides is 2. The van der Waals surface area contributed by atoms with E-state index in [1.165, 1.54) is 0 Å². The number of hydrogen-bond donors (Lipinski definition) is 2. The van der Waals surface area contributed by atoms with Gasteiger partial charge in [-0.15, -0.1) is 0 Å². The summed E-state index contributed by atoms with van der Waals surface area (Å²) in [7, 11) is 3.96. The lowest BCUT2D eigenvalue weighted by atomic mass is 10.2. The fourth-order valence-electron chi connectivity index (χ4n) is 2.41. The lowest BCUT2D eigenvalue weighted by Gasteiger charge is -2.10. The number of carbonyl (C=O) groups excluding carboxylic acids is 2. The van der Waals surface area contributed by atoms with Gasteiger partial charge in [0.15, 0.2) is 0 Å². The van der Waals surface area contributed by atoms with E-state index in [0.717, 1.165) is 24.3 Å². The Morgan fingerprint density at radius 2 is 1.67 bits per heavy atom. The summed E-state index contributed by atoms with van der Waals surface area (Å²) in [6.45, 7) is 1.95. The molecule has 0 saturated heterocycles. The molecule has 0 aromatic heterocycles. The van der Waals surface area contributed by atoms with Crippen molar-refractivity contribution in [2.75, 3.05) is 32.5 Å². The van der Waals surface area contributed by atoms with Crippen LogP contribution in [0, 0.1) is 0 Å². The second-order valence-corrected chi connectivity index (χ2v) is 6.53. The fourth-order valence-corrected chi connectivity index (χ4v) is 2.41. The summed E-state index contributed by atoms with van der Waals surface area (Å²) in [5, 5.41) is 5.47. The van der Waals surface area contributed by atoms with Gasteiger partial charge in [-0.3, -0.25) is 9.59 Å². The maximum Gasteiger partial charge on any atom is 0.233 e. The zero-order chi connectivity index (χ0) is 19.5.